The highest BCUT2D eigenvalue weighted by Crippen LogP contribution is 2.26. The number of nitrogens with zero attached hydrogens (tertiary/aromatic N) is 2. The van der Waals surface area contributed by atoms with Crippen LogP contribution in [-0.2, 0) is 19.4 Å². The van der Waals surface area contributed by atoms with Gasteiger partial charge in [-0.3, -0.25) is 4.79 Å². The number of aromatic nitrogens is 1. The molecule has 3 rings (SSSR count). The van der Waals surface area contributed by atoms with E-state index in [0.717, 1.165) is 30.9 Å². The van der Waals surface area contributed by atoms with Crippen LogP contribution in [0.15, 0.2) is 35.1 Å². The van der Waals surface area contributed by atoms with E-state index in [2.05, 4.69) is 6.07 Å². The number of ether oxygens (including phenoxy) is 1. The molecule has 2 aromatic rings. The lowest BCUT2D eigenvalue weighted by Crippen LogP contribution is -2.25. The lowest BCUT2D eigenvalue weighted by Gasteiger charge is -2.10. The minimum Gasteiger partial charge on any atom is -0.493 e. The molecular weight excluding hydrogens is 264 g/mol. The second-order valence-corrected chi connectivity index (χ2v) is 5.25. The molecule has 0 fully saturated rings. The third-order valence-electron chi connectivity index (χ3n) is 3.89. The number of rotatable bonds is 3. The fraction of sp³-hybridized carbons (Fsp3) is 0.294. The Balaban J connectivity index is 1.83. The third-order valence-corrected chi connectivity index (χ3v) is 3.89. The Kier molecular flexibility index (Phi) is 3.49. The van der Waals surface area contributed by atoms with Gasteiger partial charge in [0.25, 0.3) is 5.56 Å². The molecule has 0 amide bonds. The molecule has 2 heterocycles. The maximum Gasteiger partial charge on any atom is 0.268 e. The monoisotopic (exact) mass is 280 g/mol. The normalized spacial score (nSPS) is 12.6. The van der Waals surface area contributed by atoms with Crippen LogP contribution in [0.2, 0.25) is 0 Å². The molecule has 1 aromatic heterocycles. The molecule has 1 aliphatic heterocycles. The smallest absolute Gasteiger partial charge is 0.268 e. The Morgan fingerprint density at radius 2 is 2.19 bits per heavy atom. The van der Waals surface area contributed by atoms with Gasteiger partial charge in [0.2, 0.25) is 0 Å². The number of nitriles is 1. The SMILES string of the molecule is Cc1ccc(C#N)c(=O)n1CCc1ccc2c(c1)CCO2. The molecule has 0 aliphatic carbocycles. The number of benzene rings is 1. The molecule has 0 bridgehead atoms. The highest BCUT2D eigenvalue weighted by atomic mass is 16.5. The Morgan fingerprint density at radius 1 is 1.33 bits per heavy atom. The molecule has 1 aromatic carbocycles. The van der Waals surface area contributed by atoms with E-state index in [-0.39, 0.29) is 11.1 Å². The van der Waals surface area contributed by atoms with Gasteiger partial charge in [-0.2, -0.15) is 5.26 Å². The summed E-state index contributed by atoms with van der Waals surface area (Å²) >= 11 is 0. The van der Waals surface area contributed by atoms with Crippen LogP contribution < -0.4 is 10.3 Å². The van der Waals surface area contributed by atoms with Crippen molar-refractivity contribution in [3.05, 3.63) is 63.1 Å². The lowest BCUT2D eigenvalue weighted by molar-refractivity contribution is 0.357. The average molecular weight is 280 g/mol. The first-order valence-electron chi connectivity index (χ1n) is 7.04. The van der Waals surface area contributed by atoms with Crippen LogP contribution in [0.4, 0.5) is 0 Å². The summed E-state index contributed by atoms with van der Waals surface area (Å²) < 4.78 is 7.16. The van der Waals surface area contributed by atoms with Crippen molar-refractivity contribution in [2.24, 2.45) is 0 Å². The van der Waals surface area contributed by atoms with Gasteiger partial charge in [0.15, 0.2) is 0 Å². The molecule has 4 nitrogen and oxygen atoms in total. The van der Waals surface area contributed by atoms with Crippen molar-refractivity contribution >= 4 is 0 Å². The molecule has 0 atom stereocenters. The van der Waals surface area contributed by atoms with E-state index in [0.29, 0.717) is 6.54 Å². The first-order valence-corrected chi connectivity index (χ1v) is 7.04. The highest BCUT2D eigenvalue weighted by molar-refractivity contribution is 5.39. The van der Waals surface area contributed by atoms with Crippen molar-refractivity contribution in [3.8, 4) is 11.8 Å². The first-order chi connectivity index (χ1) is 10.2. The van der Waals surface area contributed by atoms with Crippen molar-refractivity contribution in [2.75, 3.05) is 6.61 Å². The zero-order valence-corrected chi connectivity index (χ0v) is 11.9. The largest absolute Gasteiger partial charge is 0.493 e. The summed E-state index contributed by atoms with van der Waals surface area (Å²) in [5.41, 5.74) is 3.30. The van der Waals surface area contributed by atoms with Gasteiger partial charge in [0.05, 0.1) is 6.61 Å². The standard InChI is InChI=1S/C17H16N2O2/c1-12-2-4-15(11-18)17(20)19(12)8-6-13-3-5-16-14(10-13)7-9-21-16/h2-5,10H,6-9H2,1H3. The summed E-state index contributed by atoms with van der Waals surface area (Å²) in [5, 5.41) is 8.95. The predicted octanol–water partition coefficient (Wildman–Crippen LogP) is 2.21. The average Bonchev–Trinajstić information content (AvgIpc) is 2.95. The topological polar surface area (TPSA) is 55.0 Å². The molecule has 4 heteroatoms. The molecule has 0 unspecified atom stereocenters. The minimum absolute atomic E-state index is 0.197. The van der Waals surface area contributed by atoms with Gasteiger partial charge in [-0.15, -0.1) is 0 Å². The van der Waals surface area contributed by atoms with Crippen molar-refractivity contribution in [3.63, 3.8) is 0 Å². The Bertz CT molecular complexity index is 784. The Labute approximate surface area is 123 Å². The van der Waals surface area contributed by atoms with Crippen molar-refractivity contribution in [2.45, 2.75) is 26.3 Å². The number of hydrogen-bond donors (Lipinski definition) is 0. The fourth-order valence-electron chi connectivity index (χ4n) is 2.67. The van der Waals surface area contributed by atoms with Crippen LogP contribution in [0.1, 0.15) is 22.4 Å². The zero-order chi connectivity index (χ0) is 14.8. The van der Waals surface area contributed by atoms with Crippen molar-refractivity contribution in [1.82, 2.24) is 4.57 Å². The summed E-state index contributed by atoms with van der Waals surface area (Å²) in [6.45, 7) is 3.22. The van der Waals surface area contributed by atoms with E-state index in [1.54, 1.807) is 10.6 Å². The molecule has 0 radical (unpaired) electrons. The van der Waals surface area contributed by atoms with Gasteiger partial charge in [0.1, 0.15) is 17.4 Å². The molecule has 0 saturated carbocycles. The fourth-order valence-corrected chi connectivity index (χ4v) is 2.67. The summed E-state index contributed by atoms with van der Waals surface area (Å²) in [4.78, 5) is 12.1. The molecule has 106 valence electrons. The van der Waals surface area contributed by atoms with E-state index in [4.69, 9.17) is 10.00 Å². The molecule has 0 N–H and O–H groups in total. The number of aryl methyl sites for hydroxylation is 2. The molecule has 0 spiro atoms. The summed E-state index contributed by atoms with van der Waals surface area (Å²) in [6.07, 6.45) is 1.72. The van der Waals surface area contributed by atoms with Crippen LogP contribution in [-0.4, -0.2) is 11.2 Å². The van der Waals surface area contributed by atoms with Crippen LogP contribution >= 0.6 is 0 Å². The summed E-state index contributed by atoms with van der Waals surface area (Å²) in [6, 6.07) is 11.5. The van der Waals surface area contributed by atoms with Crippen LogP contribution in [0, 0.1) is 18.3 Å². The van der Waals surface area contributed by atoms with Gasteiger partial charge in [-0.1, -0.05) is 12.1 Å². The lowest BCUT2D eigenvalue weighted by atomic mass is 10.1. The molecule has 21 heavy (non-hydrogen) atoms. The number of pyridine rings is 1. The second kappa shape index (κ2) is 5.45. The molecule has 1 aliphatic rings. The third kappa shape index (κ3) is 2.55. The second-order valence-electron chi connectivity index (χ2n) is 5.25. The maximum absolute atomic E-state index is 12.1. The molecule has 0 saturated heterocycles. The van der Waals surface area contributed by atoms with E-state index in [9.17, 15) is 4.79 Å². The Hall–Kier alpha value is -2.54. The van der Waals surface area contributed by atoms with Crippen LogP contribution in [0.3, 0.4) is 0 Å². The molecular formula is C17H16N2O2. The minimum atomic E-state index is -0.206. The maximum atomic E-state index is 12.1. The van der Waals surface area contributed by atoms with Gasteiger partial charge < -0.3 is 9.30 Å². The van der Waals surface area contributed by atoms with Gasteiger partial charge in [-0.25, -0.2) is 0 Å². The van der Waals surface area contributed by atoms with E-state index < -0.39 is 0 Å². The zero-order valence-electron chi connectivity index (χ0n) is 11.9. The van der Waals surface area contributed by atoms with Gasteiger partial charge >= 0.3 is 0 Å². The summed E-state index contributed by atoms with van der Waals surface area (Å²) in [5.74, 6) is 0.971. The van der Waals surface area contributed by atoms with E-state index >= 15 is 0 Å². The van der Waals surface area contributed by atoms with Crippen LogP contribution in [0.5, 0.6) is 5.75 Å². The number of hydrogen-bond acceptors (Lipinski definition) is 3. The van der Waals surface area contributed by atoms with Gasteiger partial charge in [0, 0.05) is 18.7 Å². The van der Waals surface area contributed by atoms with E-state index in [1.165, 1.54) is 11.1 Å². The van der Waals surface area contributed by atoms with Gasteiger partial charge in [-0.05, 0) is 42.7 Å². The summed E-state index contributed by atoms with van der Waals surface area (Å²) in [7, 11) is 0. The van der Waals surface area contributed by atoms with Crippen LogP contribution in [0.25, 0.3) is 0 Å². The van der Waals surface area contributed by atoms with Crippen molar-refractivity contribution < 1.29 is 4.74 Å². The van der Waals surface area contributed by atoms with E-state index in [1.807, 2.05) is 31.2 Å². The quantitative estimate of drug-likeness (QED) is 0.866. The predicted molar refractivity (Wildman–Crippen MR) is 79.5 cm³/mol. The number of fused-ring (bicyclic) bond motifs is 1. The van der Waals surface area contributed by atoms with Crippen molar-refractivity contribution in [1.29, 1.82) is 5.26 Å². The highest BCUT2D eigenvalue weighted by Gasteiger charge is 2.12. The Morgan fingerprint density at radius 3 is 3.00 bits per heavy atom. The first kappa shape index (κ1) is 13.4.